The number of carbonyl (C=O) groups excluding carboxylic acids is 2. The number of hydrogen-bond acceptors (Lipinski definition) is 6. The zero-order valence-corrected chi connectivity index (χ0v) is 13.8. The Morgan fingerprint density at radius 1 is 1.35 bits per heavy atom. The number of esters is 1. The Morgan fingerprint density at radius 3 is 2.78 bits per heavy atom. The van der Waals surface area contributed by atoms with Crippen LogP contribution in [0.3, 0.4) is 0 Å². The molecule has 0 aliphatic carbocycles. The van der Waals surface area contributed by atoms with Crippen molar-refractivity contribution in [1.29, 1.82) is 0 Å². The van der Waals surface area contributed by atoms with E-state index in [0.717, 1.165) is 24.2 Å². The summed E-state index contributed by atoms with van der Waals surface area (Å²) in [4.78, 5) is 31.9. The molecule has 2 aromatic heterocycles. The number of hydrogen-bond donors (Lipinski definition) is 1. The topological polar surface area (TPSA) is 98.5 Å². The van der Waals surface area contributed by atoms with Crippen LogP contribution >= 0.6 is 0 Å². The first kappa shape index (κ1) is 16.9. The molecule has 0 aliphatic heterocycles. The molecule has 0 aliphatic rings. The lowest BCUT2D eigenvalue weighted by Crippen LogP contribution is -2.35. The van der Waals surface area contributed by atoms with Crippen LogP contribution in [0.4, 0.5) is 0 Å². The van der Waals surface area contributed by atoms with E-state index in [1.165, 1.54) is 4.52 Å². The third-order valence-electron chi connectivity index (χ3n) is 3.26. The Morgan fingerprint density at radius 2 is 2.09 bits per heavy atom. The van der Waals surface area contributed by atoms with Crippen LogP contribution in [0.25, 0.3) is 5.78 Å². The maximum atomic E-state index is 12.0. The minimum atomic E-state index is -0.745. The molecule has 23 heavy (non-hydrogen) atoms. The molecule has 8 heteroatoms. The molecule has 2 rings (SSSR count). The Bertz CT molecular complexity index is 725. The smallest absolute Gasteiger partial charge is 0.378 e. The van der Waals surface area contributed by atoms with Gasteiger partial charge in [0.25, 0.3) is 17.5 Å². The minimum absolute atomic E-state index is 0.0503. The molecule has 0 fully saturated rings. The van der Waals surface area contributed by atoms with E-state index in [9.17, 15) is 9.59 Å². The fourth-order valence-electron chi connectivity index (χ4n) is 2.27. The quantitative estimate of drug-likeness (QED) is 0.803. The average Bonchev–Trinajstić information content (AvgIpc) is 2.89. The van der Waals surface area contributed by atoms with Gasteiger partial charge in [-0.2, -0.15) is 4.98 Å². The SMILES string of the molecule is CCCC(C)NC(=O)COC(=O)c1nc2nc(C)cc(C)n2n1. The molecular weight excluding hydrogens is 298 g/mol. The summed E-state index contributed by atoms with van der Waals surface area (Å²) in [5.74, 6) is -0.866. The Kier molecular flexibility index (Phi) is 5.25. The third-order valence-corrected chi connectivity index (χ3v) is 3.26. The van der Waals surface area contributed by atoms with E-state index in [1.807, 2.05) is 33.8 Å². The van der Waals surface area contributed by atoms with Crippen LogP contribution in [0.2, 0.25) is 0 Å². The van der Waals surface area contributed by atoms with Gasteiger partial charge in [0.1, 0.15) is 0 Å². The van der Waals surface area contributed by atoms with Crippen LogP contribution < -0.4 is 5.32 Å². The van der Waals surface area contributed by atoms with E-state index in [1.54, 1.807) is 0 Å². The molecular formula is C15H21N5O3. The van der Waals surface area contributed by atoms with E-state index in [0.29, 0.717) is 5.78 Å². The van der Waals surface area contributed by atoms with Gasteiger partial charge in [-0.3, -0.25) is 4.79 Å². The number of ether oxygens (including phenoxy) is 1. The molecule has 1 N–H and O–H groups in total. The van der Waals surface area contributed by atoms with Crippen LogP contribution in [0, 0.1) is 13.8 Å². The predicted octanol–water partition coefficient (Wildman–Crippen LogP) is 1.20. The van der Waals surface area contributed by atoms with Gasteiger partial charge in [0, 0.05) is 17.4 Å². The highest BCUT2D eigenvalue weighted by Gasteiger charge is 2.18. The van der Waals surface area contributed by atoms with E-state index in [2.05, 4.69) is 20.4 Å². The maximum absolute atomic E-state index is 12.0. The normalized spacial score (nSPS) is 12.2. The molecule has 8 nitrogen and oxygen atoms in total. The lowest BCUT2D eigenvalue weighted by molar-refractivity contribution is -0.124. The summed E-state index contributed by atoms with van der Waals surface area (Å²) in [7, 11) is 0. The van der Waals surface area contributed by atoms with Crippen molar-refractivity contribution < 1.29 is 14.3 Å². The van der Waals surface area contributed by atoms with Crippen molar-refractivity contribution in [2.45, 2.75) is 46.6 Å². The van der Waals surface area contributed by atoms with Gasteiger partial charge in [-0.05, 0) is 33.3 Å². The second kappa shape index (κ2) is 7.17. The molecule has 1 amide bonds. The lowest BCUT2D eigenvalue weighted by Gasteiger charge is -2.12. The summed E-state index contributed by atoms with van der Waals surface area (Å²) in [6.07, 6.45) is 1.84. The third kappa shape index (κ3) is 4.24. The minimum Gasteiger partial charge on any atom is -0.450 e. The summed E-state index contributed by atoms with van der Waals surface area (Å²) >= 11 is 0. The zero-order valence-electron chi connectivity index (χ0n) is 13.8. The number of carbonyl (C=O) groups is 2. The van der Waals surface area contributed by atoms with Crippen LogP contribution in [0.5, 0.6) is 0 Å². The molecule has 1 unspecified atom stereocenters. The zero-order chi connectivity index (χ0) is 17.0. The summed E-state index contributed by atoms with van der Waals surface area (Å²) in [6.45, 7) is 7.27. The monoisotopic (exact) mass is 319 g/mol. The second-order valence-corrected chi connectivity index (χ2v) is 5.52. The van der Waals surface area contributed by atoms with E-state index < -0.39 is 5.97 Å². The van der Waals surface area contributed by atoms with E-state index >= 15 is 0 Å². The summed E-state index contributed by atoms with van der Waals surface area (Å²) in [5, 5.41) is 6.81. The highest BCUT2D eigenvalue weighted by Crippen LogP contribution is 2.06. The highest BCUT2D eigenvalue weighted by molar-refractivity contribution is 5.88. The van der Waals surface area contributed by atoms with Crippen LogP contribution in [0.15, 0.2) is 6.07 Å². The van der Waals surface area contributed by atoms with Gasteiger partial charge < -0.3 is 10.1 Å². The lowest BCUT2D eigenvalue weighted by atomic mass is 10.2. The van der Waals surface area contributed by atoms with Crippen LogP contribution in [0.1, 0.15) is 48.7 Å². The number of aromatic nitrogens is 4. The predicted molar refractivity (Wildman–Crippen MR) is 83.1 cm³/mol. The van der Waals surface area contributed by atoms with E-state index in [4.69, 9.17) is 4.74 Å². The molecule has 1 atom stereocenters. The average molecular weight is 319 g/mol. The van der Waals surface area contributed by atoms with Crippen LogP contribution in [-0.4, -0.2) is 44.1 Å². The number of nitrogens with one attached hydrogen (secondary N) is 1. The molecule has 0 radical (unpaired) electrons. The molecule has 0 spiro atoms. The van der Waals surface area contributed by atoms with Crippen molar-refractivity contribution in [2.75, 3.05) is 6.61 Å². The van der Waals surface area contributed by atoms with Gasteiger partial charge >= 0.3 is 5.97 Å². The Balaban J connectivity index is 1.98. The van der Waals surface area contributed by atoms with Crippen molar-refractivity contribution in [3.8, 4) is 0 Å². The second-order valence-electron chi connectivity index (χ2n) is 5.52. The number of nitrogens with zero attached hydrogens (tertiary/aromatic N) is 4. The van der Waals surface area contributed by atoms with Crippen LogP contribution in [-0.2, 0) is 9.53 Å². The fourth-order valence-corrected chi connectivity index (χ4v) is 2.27. The highest BCUT2D eigenvalue weighted by atomic mass is 16.5. The molecule has 0 bridgehead atoms. The first-order valence-corrected chi connectivity index (χ1v) is 7.58. The largest absolute Gasteiger partial charge is 0.450 e. The van der Waals surface area contributed by atoms with Crippen molar-refractivity contribution in [3.05, 3.63) is 23.3 Å². The summed E-state index contributed by atoms with van der Waals surface area (Å²) < 4.78 is 6.42. The fraction of sp³-hybridized carbons (Fsp3) is 0.533. The first-order valence-electron chi connectivity index (χ1n) is 7.58. The van der Waals surface area contributed by atoms with Crippen molar-refractivity contribution in [1.82, 2.24) is 24.9 Å². The molecule has 0 saturated heterocycles. The molecule has 0 aromatic carbocycles. The number of amides is 1. The van der Waals surface area contributed by atoms with Crippen molar-refractivity contribution >= 4 is 17.7 Å². The maximum Gasteiger partial charge on any atom is 0.378 e. The first-order chi connectivity index (χ1) is 10.9. The van der Waals surface area contributed by atoms with Gasteiger partial charge in [0.2, 0.25) is 0 Å². The number of rotatable bonds is 6. The molecule has 0 saturated carbocycles. The van der Waals surface area contributed by atoms with E-state index in [-0.39, 0.29) is 24.4 Å². The van der Waals surface area contributed by atoms with Gasteiger partial charge in [-0.15, -0.1) is 5.10 Å². The van der Waals surface area contributed by atoms with Gasteiger partial charge in [-0.1, -0.05) is 13.3 Å². The summed E-state index contributed by atoms with van der Waals surface area (Å²) in [5.41, 5.74) is 1.59. The summed E-state index contributed by atoms with van der Waals surface area (Å²) in [6, 6.07) is 1.88. The Hall–Kier alpha value is -2.51. The number of aryl methyl sites for hydroxylation is 2. The van der Waals surface area contributed by atoms with Crippen molar-refractivity contribution in [3.63, 3.8) is 0 Å². The van der Waals surface area contributed by atoms with Gasteiger partial charge in [0.15, 0.2) is 6.61 Å². The van der Waals surface area contributed by atoms with Gasteiger partial charge in [-0.25, -0.2) is 14.3 Å². The number of fused-ring (bicyclic) bond motifs is 1. The molecule has 2 heterocycles. The standard InChI is InChI=1S/C15H21N5O3/c1-5-6-9(2)16-12(21)8-23-14(22)13-18-15-17-10(3)7-11(4)20(15)19-13/h7,9H,5-6,8H2,1-4H3,(H,16,21). The van der Waals surface area contributed by atoms with Crippen molar-refractivity contribution in [2.24, 2.45) is 0 Å². The Labute approximate surface area is 134 Å². The molecule has 124 valence electrons. The molecule has 2 aromatic rings. The van der Waals surface area contributed by atoms with Gasteiger partial charge in [0.05, 0.1) is 0 Å².